The summed E-state index contributed by atoms with van der Waals surface area (Å²) in [5.41, 5.74) is 4.49. The molecule has 0 aliphatic carbocycles. The second kappa shape index (κ2) is 9.01. The van der Waals surface area contributed by atoms with Crippen LogP contribution in [0, 0.1) is 34.6 Å². The van der Waals surface area contributed by atoms with Crippen LogP contribution in [0.15, 0.2) is 23.3 Å². The monoisotopic (exact) mass is 441 g/mol. The first-order valence-electron chi connectivity index (χ1n) is 10.1. The highest BCUT2D eigenvalue weighted by Crippen LogP contribution is 2.25. The van der Waals surface area contributed by atoms with Crippen LogP contribution in [0.1, 0.15) is 40.5 Å². The van der Waals surface area contributed by atoms with Crippen molar-refractivity contribution in [2.75, 3.05) is 5.32 Å². The number of fused-ring (bicyclic) bond motifs is 1. The molecule has 1 amide bonds. The van der Waals surface area contributed by atoms with Crippen molar-refractivity contribution in [3.63, 3.8) is 0 Å². The summed E-state index contributed by atoms with van der Waals surface area (Å²) in [6.45, 7) is 11.4. The average Bonchev–Trinajstić information content (AvgIpc) is 2.98. The number of hydrogen-bond donors (Lipinski definition) is 1. The van der Waals surface area contributed by atoms with Gasteiger partial charge >= 0.3 is 5.97 Å². The van der Waals surface area contributed by atoms with E-state index in [0.717, 1.165) is 32.8 Å². The Labute approximate surface area is 185 Å². The molecule has 0 spiro atoms. The quantitative estimate of drug-likeness (QED) is 0.585. The van der Waals surface area contributed by atoms with Gasteiger partial charge in [0.05, 0.1) is 18.1 Å². The Morgan fingerprint density at radius 3 is 2.45 bits per heavy atom. The number of aromatic nitrogens is 2. The van der Waals surface area contributed by atoms with Gasteiger partial charge < -0.3 is 10.1 Å². The Balaban J connectivity index is 1.61. The smallest absolute Gasteiger partial charge is 0.308 e. The van der Waals surface area contributed by atoms with Crippen molar-refractivity contribution in [3.05, 3.63) is 55.9 Å². The minimum Gasteiger partial charge on any atom is -0.452 e. The maximum atomic E-state index is 12.7. The van der Waals surface area contributed by atoms with Crippen molar-refractivity contribution >= 4 is 39.1 Å². The molecule has 0 aliphatic heterocycles. The fraction of sp³-hybridized carbons (Fsp3) is 0.391. The van der Waals surface area contributed by atoms with Crippen molar-refractivity contribution < 1.29 is 14.3 Å². The number of anilines is 1. The SMILES string of the molecule is Cc1cc(C)c(NC(=O)C(C)OC(=O)CCn2cnc3sc(C)c(C)c3c2=O)c(C)c1. The molecule has 8 heteroatoms. The molecule has 0 fully saturated rings. The number of carbonyl (C=O) groups excluding carboxylic acids is 2. The molecule has 7 nitrogen and oxygen atoms in total. The third-order valence-corrected chi connectivity index (χ3v) is 6.43. The topological polar surface area (TPSA) is 90.3 Å². The van der Waals surface area contributed by atoms with E-state index in [1.54, 1.807) is 0 Å². The van der Waals surface area contributed by atoms with Gasteiger partial charge in [0.1, 0.15) is 4.83 Å². The molecule has 31 heavy (non-hydrogen) atoms. The molecular formula is C23H27N3O4S. The lowest BCUT2D eigenvalue weighted by atomic mass is 10.0. The van der Waals surface area contributed by atoms with Gasteiger partial charge in [0.2, 0.25) is 0 Å². The van der Waals surface area contributed by atoms with Crippen molar-refractivity contribution in [2.45, 2.75) is 60.6 Å². The van der Waals surface area contributed by atoms with Gasteiger partial charge in [-0.1, -0.05) is 17.7 Å². The third kappa shape index (κ3) is 4.85. The number of carbonyl (C=O) groups is 2. The Bertz CT molecular complexity index is 1200. The molecule has 0 radical (unpaired) electrons. The first-order chi connectivity index (χ1) is 14.6. The molecule has 2 aromatic heterocycles. The molecule has 0 saturated heterocycles. The summed E-state index contributed by atoms with van der Waals surface area (Å²) >= 11 is 1.48. The zero-order valence-electron chi connectivity index (χ0n) is 18.7. The number of nitrogens with one attached hydrogen (secondary N) is 1. The number of aryl methyl sites for hydroxylation is 6. The number of esters is 1. The van der Waals surface area contributed by atoms with E-state index in [-0.39, 0.29) is 18.5 Å². The standard InChI is InChI=1S/C23H27N3O4S/c1-12-9-13(2)20(14(3)10-12)25-21(28)16(5)30-18(27)7-8-26-11-24-22-19(23(26)29)15(4)17(6)31-22/h9-11,16H,7-8H2,1-6H3,(H,25,28). The van der Waals surface area contributed by atoms with Crippen molar-refractivity contribution in [3.8, 4) is 0 Å². The lowest BCUT2D eigenvalue weighted by Crippen LogP contribution is -2.31. The van der Waals surface area contributed by atoms with E-state index in [4.69, 9.17) is 4.74 Å². The minimum atomic E-state index is -0.952. The highest BCUT2D eigenvalue weighted by atomic mass is 32.1. The number of thiophene rings is 1. The van der Waals surface area contributed by atoms with Crippen LogP contribution in [0.4, 0.5) is 5.69 Å². The summed E-state index contributed by atoms with van der Waals surface area (Å²) in [4.78, 5) is 43.6. The maximum absolute atomic E-state index is 12.7. The molecule has 2 heterocycles. The van der Waals surface area contributed by atoms with Crippen LogP contribution in [0.2, 0.25) is 0 Å². The first kappa shape index (κ1) is 22.7. The third-order valence-electron chi connectivity index (χ3n) is 5.32. The van der Waals surface area contributed by atoms with Gasteiger partial charge in [-0.15, -0.1) is 11.3 Å². The van der Waals surface area contributed by atoms with Crippen LogP contribution >= 0.6 is 11.3 Å². The summed E-state index contributed by atoms with van der Waals surface area (Å²) in [5.74, 6) is -0.946. The minimum absolute atomic E-state index is 0.0323. The number of ether oxygens (including phenoxy) is 1. The van der Waals surface area contributed by atoms with Gasteiger partial charge in [-0.25, -0.2) is 4.98 Å². The van der Waals surface area contributed by atoms with E-state index in [1.807, 2.05) is 46.8 Å². The van der Waals surface area contributed by atoms with Crippen molar-refractivity contribution in [1.82, 2.24) is 9.55 Å². The summed E-state index contributed by atoms with van der Waals surface area (Å²) in [6.07, 6.45) is 0.466. The molecule has 3 rings (SSSR count). The van der Waals surface area contributed by atoms with Crippen LogP contribution in [0.5, 0.6) is 0 Å². The molecule has 1 aromatic carbocycles. The summed E-state index contributed by atoms with van der Waals surface area (Å²) in [5, 5.41) is 3.43. The van der Waals surface area contributed by atoms with Gasteiger partial charge in [0.25, 0.3) is 11.5 Å². The van der Waals surface area contributed by atoms with Crippen molar-refractivity contribution in [1.29, 1.82) is 0 Å². The number of nitrogens with zero attached hydrogens (tertiary/aromatic N) is 2. The summed E-state index contributed by atoms with van der Waals surface area (Å²) in [7, 11) is 0. The number of hydrogen-bond acceptors (Lipinski definition) is 6. The normalized spacial score (nSPS) is 12.1. The predicted octanol–water partition coefficient (Wildman–Crippen LogP) is 3.96. The molecule has 1 atom stereocenters. The Hall–Kier alpha value is -3.00. The summed E-state index contributed by atoms with van der Waals surface area (Å²) in [6, 6.07) is 3.97. The molecular weight excluding hydrogens is 414 g/mol. The fourth-order valence-electron chi connectivity index (χ4n) is 3.55. The van der Waals surface area contributed by atoms with Crippen LogP contribution in [0.3, 0.4) is 0 Å². The first-order valence-corrected chi connectivity index (χ1v) is 10.9. The van der Waals surface area contributed by atoms with E-state index >= 15 is 0 Å². The van der Waals surface area contributed by atoms with Crippen LogP contribution in [-0.2, 0) is 20.9 Å². The molecule has 3 aromatic rings. The van der Waals surface area contributed by atoms with Gasteiger partial charge in [0.15, 0.2) is 6.10 Å². The van der Waals surface area contributed by atoms with E-state index in [0.29, 0.717) is 10.2 Å². The highest BCUT2D eigenvalue weighted by Gasteiger charge is 2.20. The van der Waals surface area contributed by atoms with Gasteiger partial charge in [-0.3, -0.25) is 19.0 Å². The van der Waals surface area contributed by atoms with E-state index in [2.05, 4.69) is 10.3 Å². The zero-order valence-corrected chi connectivity index (χ0v) is 19.5. The molecule has 0 aliphatic rings. The van der Waals surface area contributed by atoms with E-state index in [1.165, 1.54) is 29.2 Å². The maximum Gasteiger partial charge on any atom is 0.308 e. The Morgan fingerprint density at radius 2 is 1.81 bits per heavy atom. The fourth-order valence-corrected chi connectivity index (χ4v) is 4.54. The second-order valence-corrected chi connectivity index (χ2v) is 9.05. The van der Waals surface area contributed by atoms with Gasteiger partial charge in [-0.2, -0.15) is 0 Å². The number of amides is 1. The molecule has 1 N–H and O–H groups in total. The predicted molar refractivity (Wildman–Crippen MR) is 123 cm³/mol. The van der Waals surface area contributed by atoms with Gasteiger partial charge in [-0.05, 0) is 58.2 Å². The lowest BCUT2D eigenvalue weighted by Gasteiger charge is -2.17. The molecule has 0 bridgehead atoms. The largest absolute Gasteiger partial charge is 0.452 e. The van der Waals surface area contributed by atoms with E-state index < -0.39 is 18.0 Å². The Morgan fingerprint density at radius 1 is 1.16 bits per heavy atom. The average molecular weight is 442 g/mol. The Kier molecular flexibility index (Phi) is 6.59. The van der Waals surface area contributed by atoms with Crippen LogP contribution in [-0.4, -0.2) is 27.5 Å². The number of rotatable bonds is 6. The highest BCUT2D eigenvalue weighted by molar-refractivity contribution is 7.18. The summed E-state index contributed by atoms with van der Waals surface area (Å²) < 4.78 is 6.69. The molecule has 0 saturated carbocycles. The van der Waals surface area contributed by atoms with Crippen LogP contribution in [0.25, 0.3) is 10.2 Å². The number of benzene rings is 1. The second-order valence-electron chi connectivity index (χ2n) is 7.85. The zero-order chi connectivity index (χ0) is 22.9. The van der Waals surface area contributed by atoms with Crippen molar-refractivity contribution in [2.24, 2.45) is 0 Å². The molecule has 164 valence electrons. The van der Waals surface area contributed by atoms with Gasteiger partial charge in [0, 0.05) is 17.1 Å². The van der Waals surface area contributed by atoms with Crippen LogP contribution < -0.4 is 10.9 Å². The van der Waals surface area contributed by atoms with E-state index in [9.17, 15) is 14.4 Å². The molecule has 1 unspecified atom stereocenters. The lowest BCUT2D eigenvalue weighted by molar-refractivity contribution is -0.153.